The van der Waals surface area contributed by atoms with Crippen LogP contribution < -0.4 is 15.2 Å². The lowest BCUT2D eigenvalue weighted by molar-refractivity contribution is 0.404. The molecule has 3 heteroatoms. The highest BCUT2D eigenvalue weighted by Crippen LogP contribution is 2.28. The van der Waals surface area contributed by atoms with E-state index >= 15 is 0 Å². The summed E-state index contributed by atoms with van der Waals surface area (Å²) in [7, 11) is 1.65. The zero-order valence-corrected chi connectivity index (χ0v) is 10.4. The van der Waals surface area contributed by atoms with Crippen molar-refractivity contribution in [3.8, 4) is 17.2 Å². The van der Waals surface area contributed by atoms with Gasteiger partial charge in [-0.25, -0.2) is 0 Å². The first-order valence-corrected chi connectivity index (χ1v) is 5.93. The van der Waals surface area contributed by atoms with E-state index in [0.717, 1.165) is 29.2 Å². The van der Waals surface area contributed by atoms with Crippen molar-refractivity contribution in [2.75, 3.05) is 13.7 Å². The van der Waals surface area contributed by atoms with Gasteiger partial charge in [0.15, 0.2) is 0 Å². The second-order valence-electron chi connectivity index (χ2n) is 3.93. The van der Waals surface area contributed by atoms with Gasteiger partial charge in [0.1, 0.15) is 17.2 Å². The highest BCUT2D eigenvalue weighted by molar-refractivity contribution is 5.42. The summed E-state index contributed by atoms with van der Waals surface area (Å²) < 4.78 is 11.1. The molecule has 0 spiro atoms. The number of para-hydroxylation sites is 1. The first-order valence-electron chi connectivity index (χ1n) is 5.93. The van der Waals surface area contributed by atoms with Crippen molar-refractivity contribution < 1.29 is 9.47 Å². The Hall–Kier alpha value is -2.00. The second-order valence-corrected chi connectivity index (χ2v) is 3.93. The molecule has 3 nitrogen and oxygen atoms in total. The van der Waals surface area contributed by atoms with Gasteiger partial charge in [-0.3, -0.25) is 0 Å². The normalized spacial score (nSPS) is 10.1. The molecule has 2 rings (SSSR count). The Morgan fingerprint density at radius 1 is 1.00 bits per heavy atom. The Balaban J connectivity index is 2.19. The maximum Gasteiger partial charge on any atom is 0.131 e. The minimum Gasteiger partial charge on any atom is -0.496 e. The molecule has 2 N–H and O–H groups in total. The molecule has 0 atom stereocenters. The lowest BCUT2D eigenvalue weighted by Crippen LogP contribution is -2.04. The molecule has 0 unspecified atom stereocenters. The molecule has 2 aromatic carbocycles. The number of benzene rings is 2. The number of hydrogen-bond donors (Lipinski definition) is 1. The van der Waals surface area contributed by atoms with E-state index in [4.69, 9.17) is 15.2 Å². The van der Waals surface area contributed by atoms with E-state index in [2.05, 4.69) is 0 Å². The van der Waals surface area contributed by atoms with Crippen LogP contribution >= 0.6 is 0 Å². The number of methoxy groups -OCH3 is 1. The third-order valence-corrected chi connectivity index (χ3v) is 2.65. The largest absolute Gasteiger partial charge is 0.496 e. The van der Waals surface area contributed by atoms with Gasteiger partial charge in [-0.15, -0.1) is 0 Å². The van der Waals surface area contributed by atoms with Gasteiger partial charge in [0.25, 0.3) is 0 Å². The quantitative estimate of drug-likeness (QED) is 0.878. The van der Waals surface area contributed by atoms with Crippen molar-refractivity contribution in [3.63, 3.8) is 0 Å². The molecule has 0 amide bonds. The van der Waals surface area contributed by atoms with Gasteiger partial charge in [-0.2, -0.15) is 0 Å². The molecule has 18 heavy (non-hydrogen) atoms. The molecule has 0 aliphatic rings. The molecule has 0 aliphatic carbocycles. The molecule has 0 bridgehead atoms. The molecule has 0 fully saturated rings. The fourth-order valence-corrected chi connectivity index (χ4v) is 1.78. The summed E-state index contributed by atoms with van der Waals surface area (Å²) in [6, 6.07) is 15.5. The van der Waals surface area contributed by atoms with Crippen LogP contribution in [0.2, 0.25) is 0 Å². The van der Waals surface area contributed by atoms with Gasteiger partial charge in [0.2, 0.25) is 0 Å². The Bertz CT molecular complexity index is 497. The van der Waals surface area contributed by atoms with Crippen LogP contribution in [-0.4, -0.2) is 13.7 Å². The minimum atomic E-state index is 0.606. The standard InChI is InChI=1S/C15H17NO2/c1-17-15-11-14(8-7-12(15)9-10-16)18-13-5-3-2-4-6-13/h2-8,11H,9-10,16H2,1H3. The first-order chi connectivity index (χ1) is 8.83. The minimum absolute atomic E-state index is 0.606. The summed E-state index contributed by atoms with van der Waals surface area (Å²) in [5.74, 6) is 2.39. The fraction of sp³-hybridized carbons (Fsp3) is 0.200. The van der Waals surface area contributed by atoms with Crippen LogP contribution in [0.1, 0.15) is 5.56 Å². The second kappa shape index (κ2) is 6.07. The fourth-order valence-electron chi connectivity index (χ4n) is 1.78. The predicted molar refractivity (Wildman–Crippen MR) is 72.3 cm³/mol. The van der Waals surface area contributed by atoms with Crippen molar-refractivity contribution in [2.45, 2.75) is 6.42 Å². The van der Waals surface area contributed by atoms with Crippen LogP contribution in [0.3, 0.4) is 0 Å². The van der Waals surface area contributed by atoms with E-state index in [1.54, 1.807) is 7.11 Å². The molecule has 0 aromatic heterocycles. The number of ether oxygens (including phenoxy) is 2. The molecule has 0 heterocycles. The number of rotatable bonds is 5. The van der Waals surface area contributed by atoms with E-state index < -0.39 is 0 Å². The summed E-state index contributed by atoms with van der Waals surface area (Å²) in [5.41, 5.74) is 6.66. The smallest absolute Gasteiger partial charge is 0.131 e. The Labute approximate surface area is 107 Å². The lowest BCUT2D eigenvalue weighted by Gasteiger charge is -2.11. The monoisotopic (exact) mass is 243 g/mol. The zero-order valence-electron chi connectivity index (χ0n) is 10.4. The van der Waals surface area contributed by atoms with Gasteiger partial charge in [0, 0.05) is 6.07 Å². The number of nitrogens with two attached hydrogens (primary N) is 1. The van der Waals surface area contributed by atoms with E-state index in [-0.39, 0.29) is 0 Å². The van der Waals surface area contributed by atoms with Crippen molar-refractivity contribution in [2.24, 2.45) is 5.73 Å². The molecule has 0 aliphatic heterocycles. The average molecular weight is 243 g/mol. The Kier molecular flexibility index (Phi) is 4.20. The molecular weight excluding hydrogens is 226 g/mol. The van der Waals surface area contributed by atoms with E-state index in [1.807, 2.05) is 48.5 Å². The van der Waals surface area contributed by atoms with Gasteiger partial charge < -0.3 is 15.2 Å². The summed E-state index contributed by atoms with van der Waals surface area (Å²) in [4.78, 5) is 0. The van der Waals surface area contributed by atoms with Crippen LogP contribution in [0.25, 0.3) is 0 Å². The van der Waals surface area contributed by atoms with Crippen molar-refractivity contribution in [1.82, 2.24) is 0 Å². The maximum absolute atomic E-state index is 5.74. The summed E-state index contributed by atoms with van der Waals surface area (Å²) >= 11 is 0. The van der Waals surface area contributed by atoms with Gasteiger partial charge in [0.05, 0.1) is 7.11 Å². The molecule has 0 radical (unpaired) electrons. The summed E-state index contributed by atoms with van der Waals surface area (Å²) in [6.45, 7) is 0.606. The van der Waals surface area contributed by atoms with Crippen molar-refractivity contribution in [1.29, 1.82) is 0 Å². The third-order valence-electron chi connectivity index (χ3n) is 2.65. The Morgan fingerprint density at radius 3 is 2.44 bits per heavy atom. The van der Waals surface area contributed by atoms with Crippen LogP contribution in [0.5, 0.6) is 17.2 Å². The topological polar surface area (TPSA) is 44.5 Å². The van der Waals surface area contributed by atoms with Crippen LogP contribution in [0, 0.1) is 0 Å². The summed E-state index contributed by atoms with van der Waals surface area (Å²) in [6.07, 6.45) is 0.800. The molecule has 94 valence electrons. The van der Waals surface area contributed by atoms with Crippen molar-refractivity contribution in [3.05, 3.63) is 54.1 Å². The zero-order chi connectivity index (χ0) is 12.8. The Morgan fingerprint density at radius 2 is 1.78 bits per heavy atom. The van der Waals surface area contributed by atoms with E-state index in [1.165, 1.54) is 0 Å². The van der Waals surface area contributed by atoms with Gasteiger partial charge in [-0.05, 0) is 36.7 Å². The SMILES string of the molecule is COc1cc(Oc2ccccc2)ccc1CCN. The third kappa shape index (κ3) is 3.02. The molecular formula is C15H17NO2. The first kappa shape index (κ1) is 12.5. The maximum atomic E-state index is 5.74. The van der Waals surface area contributed by atoms with Crippen LogP contribution in [0.4, 0.5) is 0 Å². The lowest BCUT2D eigenvalue weighted by atomic mass is 10.1. The highest BCUT2D eigenvalue weighted by atomic mass is 16.5. The highest BCUT2D eigenvalue weighted by Gasteiger charge is 2.05. The van der Waals surface area contributed by atoms with E-state index in [0.29, 0.717) is 6.54 Å². The predicted octanol–water partition coefficient (Wildman–Crippen LogP) is 2.99. The van der Waals surface area contributed by atoms with Gasteiger partial charge in [-0.1, -0.05) is 24.3 Å². The van der Waals surface area contributed by atoms with Crippen molar-refractivity contribution >= 4 is 0 Å². The van der Waals surface area contributed by atoms with Crippen LogP contribution in [0.15, 0.2) is 48.5 Å². The van der Waals surface area contributed by atoms with Crippen LogP contribution in [-0.2, 0) is 6.42 Å². The molecule has 0 saturated carbocycles. The number of hydrogen-bond acceptors (Lipinski definition) is 3. The molecule has 2 aromatic rings. The average Bonchev–Trinajstić information content (AvgIpc) is 2.42. The summed E-state index contributed by atoms with van der Waals surface area (Å²) in [5, 5.41) is 0. The van der Waals surface area contributed by atoms with E-state index in [9.17, 15) is 0 Å². The molecule has 0 saturated heterocycles. The van der Waals surface area contributed by atoms with Gasteiger partial charge >= 0.3 is 0 Å².